The van der Waals surface area contributed by atoms with Crippen LogP contribution in [0.2, 0.25) is 5.15 Å². The van der Waals surface area contributed by atoms with E-state index >= 15 is 0 Å². The van der Waals surface area contributed by atoms with Crippen LogP contribution >= 0.6 is 22.9 Å². The van der Waals surface area contributed by atoms with E-state index in [9.17, 15) is 0 Å². The second-order valence-corrected chi connectivity index (χ2v) is 5.75. The molecule has 0 N–H and O–H groups in total. The third-order valence-corrected chi connectivity index (χ3v) is 3.92. The highest BCUT2D eigenvalue weighted by Gasteiger charge is 2.23. The smallest absolute Gasteiger partial charge is 0.141 e. The minimum absolute atomic E-state index is 0.611. The van der Waals surface area contributed by atoms with Gasteiger partial charge in [0.05, 0.1) is 0 Å². The Morgan fingerprint density at radius 2 is 2.27 bits per heavy atom. The molecular formula is C11H11ClN2S. The van der Waals surface area contributed by atoms with Crippen LogP contribution in [0.5, 0.6) is 0 Å². The number of nitrogens with zero attached hydrogens (tertiary/aromatic N) is 2. The highest BCUT2D eigenvalue weighted by atomic mass is 35.5. The first-order valence-corrected chi connectivity index (χ1v) is 6.34. The van der Waals surface area contributed by atoms with Crippen LogP contribution in [0.3, 0.4) is 0 Å². The van der Waals surface area contributed by atoms with Crippen molar-refractivity contribution in [3.05, 3.63) is 21.9 Å². The Balaban J connectivity index is 2.08. The number of hydrogen-bond acceptors (Lipinski definition) is 3. The number of aryl methyl sites for hydroxylation is 1. The summed E-state index contributed by atoms with van der Waals surface area (Å²) in [5.41, 5.74) is 0. The Morgan fingerprint density at radius 3 is 3.00 bits per heavy atom. The SMILES string of the molecule is Cc1cc2c(Cl)nc(CC3CC3)nc2s1. The van der Waals surface area contributed by atoms with Gasteiger partial charge in [0.25, 0.3) is 0 Å². The molecule has 1 aliphatic carbocycles. The van der Waals surface area contributed by atoms with Gasteiger partial charge in [0.2, 0.25) is 0 Å². The third-order valence-electron chi connectivity index (χ3n) is 2.68. The highest BCUT2D eigenvalue weighted by Crippen LogP contribution is 2.33. The van der Waals surface area contributed by atoms with Crippen LogP contribution in [0, 0.1) is 12.8 Å². The lowest BCUT2D eigenvalue weighted by Crippen LogP contribution is -1.96. The Kier molecular flexibility index (Phi) is 2.18. The van der Waals surface area contributed by atoms with Crippen LogP contribution in [0.15, 0.2) is 6.07 Å². The third kappa shape index (κ3) is 1.86. The number of rotatable bonds is 2. The molecule has 0 radical (unpaired) electrons. The van der Waals surface area contributed by atoms with Crippen molar-refractivity contribution >= 4 is 33.2 Å². The van der Waals surface area contributed by atoms with Crippen LogP contribution in [-0.2, 0) is 6.42 Å². The van der Waals surface area contributed by atoms with Crippen molar-refractivity contribution < 1.29 is 0 Å². The molecule has 78 valence electrons. The average Bonchev–Trinajstić information content (AvgIpc) is 2.87. The number of halogens is 1. The van der Waals surface area contributed by atoms with Gasteiger partial charge in [0.1, 0.15) is 15.8 Å². The molecule has 0 bridgehead atoms. The topological polar surface area (TPSA) is 25.8 Å². The molecule has 4 heteroatoms. The van der Waals surface area contributed by atoms with Gasteiger partial charge in [-0.15, -0.1) is 11.3 Å². The van der Waals surface area contributed by atoms with Gasteiger partial charge in [0.15, 0.2) is 0 Å². The Hall–Kier alpha value is -0.670. The van der Waals surface area contributed by atoms with Gasteiger partial charge in [-0.05, 0) is 31.7 Å². The van der Waals surface area contributed by atoms with Gasteiger partial charge in [-0.25, -0.2) is 9.97 Å². The molecule has 0 aliphatic heterocycles. The van der Waals surface area contributed by atoms with E-state index in [1.54, 1.807) is 11.3 Å². The van der Waals surface area contributed by atoms with E-state index in [4.69, 9.17) is 11.6 Å². The normalized spacial score (nSPS) is 16.1. The summed E-state index contributed by atoms with van der Waals surface area (Å²) in [6.07, 6.45) is 3.64. The van der Waals surface area contributed by atoms with Gasteiger partial charge in [0, 0.05) is 16.7 Å². The summed E-state index contributed by atoms with van der Waals surface area (Å²) < 4.78 is 0. The lowest BCUT2D eigenvalue weighted by atomic mass is 10.3. The first-order chi connectivity index (χ1) is 7.22. The van der Waals surface area contributed by atoms with Crippen molar-refractivity contribution in [2.75, 3.05) is 0 Å². The molecule has 15 heavy (non-hydrogen) atoms. The molecule has 0 amide bonds. The number of fused-ring (bicyclic) bond motifs is 1. The Labute approximate surface area is 97.3 Å². The molecule has 0 saturated heterocycles. The van der Waals surface area contributed by atoms with Crippen molar-refractivity contribution in [1.29, 1.82) is 0 Å². The van der Waals surface area contributed by atoms with Gasteiger partial charge in [-0.3, -0.25) is 0 Å². The predicted octanol–water partition coefficient (Wildman–Crippen LogP) is 3.61. The van der Waals surface area contributed by atoms with E-state index in [0.717, 1.165) is 28.4 Å². The zero-order valence-corrected chi connectivity index (χ0v) is 10.0. The highest BCUT2D eigenvalue weighted by molar-refractivity contribution is 7.18. The average molecular weight is 239 g/mol. The summed E-state index contributed by atoms with van der Waals surface area (Å²) >= 11 is 7.83. The van der Waals surface area contributed by atoms with Crippen LogP contribution in [0.4, 0.5) is 0 Å². The summed E-state index contributed by atoms with van der Waals surface area (Å²) in [5, 5.41) is 1.61. The molecule has 0 atom stereocenters. The zero-order chi connectivity index (χ0) is 10.4. The molecule has 2 heterocycles. The second kappa shape index (κ2) is 3.42. The molecule has 1 aliphatic rings. The fraction of sp³-hybridized carbons (Fsp3) is 0.455. The molecule has 1 saturated carbocycles. The lowest BCUT2D eigenvalue weighted by Gasteiger charge is -1.99. The van der Waals surface area contributed by atoms with Gasteiger partial charge in [-0.1, -0.05) is 11.6 Å². The molecule has 2 aromatic heterocycles. The maximum Gasteiger partial charge on any atom is 0.141 e. The Bertz CT molecular complexity index is 517. The lowest BCUT2D eigenvalue weighted by molar-refractivity contribution is 0.777. The molecule has 2 aromatic rings. The van der Waals surface area contributed by atoms with Crippen LogP contribution in [0.25, 0.3) is 10.2 Å². The summed E-state index contributed by atoms with van der Waals surface area (Å²) in [4.78, 5) is 11.2. The van der Waals surface area contributed by atoms with Crippen LogP contribution in [0.1, 0.15) is 23.5 Å². The molecule has 0 spiro atoms. The standard InChI is InChI=1S/C11H11ClN2S/c1-6-4-8-10(12)13-9(5-7-2-3-7)14-11(8)15-6/h4,7H,2-3,5H2,1H3. The van der Waals surface area contributed by atoms with E-state index in [-0.39, 0.29) is 0 Å². The maximum atomic E-state index is 6.13. The fourth-order valence-corrected chi connectivity index (χ4v) is 2.92. The quantitative estimate of drug-likeness (QED) is 0.747. The minimum atomic E-state index is 0.611. The molecule has 0 aromatic carbocycles. The molecule has 3 rings (SSSR count). The van der Waals surface area contributed by atoms with Gasteiger partial charge < -0.3 is 0 Å². The maximum absolute atomic E-state index is 6.13. The van der Waals surface area contributed by atoms with Crippen molar-refractivity contribution in [3.8, 4) is 0 Å². The van der Waals surface area contributed by atoms with Gasteiger partial charge >= 0.3 is 0 Å². The van der Waals surface area contributed by atoms with Crippen molar-refractivity contribution in [1.82, 2.24) is 9.97 Å². The monoisotopic (exact) mass is 238 g/mol. The fourth-order valence-electron chi connectivity index (χ4n) is 1.72. The largest absolute Gasteiger partial charge is 0.222 e. The number of hydrogen-bond donors (Lipinski definition) is 0. The number of thiophene rings is 1. The molecular weight excluding hydrogens is 228 g/mol. The molecule has 0 unspecified atom stereocenters. The second-order valence-electron chi connectivity index (χ2n) is 4.15. The zero-order valence-electron chi connectivity index (χ0n) is 8.46. The minimum Gasteiger partial charge on any atom is -0.222 e. The van der Waals surface area contributed by atoms with Crippen molar-refractivity contribution in [2.45, 2.75) is 26.2 Å². The Morgan fingerprint density at radius 1 is 1.47 bits per heavy atom. The predicted molar refractivity (Wildman–Crippen MR) is 63.6 cm³/mol. The molecule has 2 nitrogen and oxygen atoms in total. The van der Waals surface area contributed by atoms with Crippen LogP contribution < -0.4 is 0 Å². The summed E-state index contributed by atoms with van der Waals surface area (Å²) in [6, 6.07) is 2.06. The summed E-state index contributed by atoms with van der Waals surface area (Å²) in [6.45, 7) is 2.07. The summed E-state index contributed by atoms with van der Waals surface area (Å²) in [7, 11) is 0. The molecule has 1 fully saturated rings. The van der Waals surface area contributed by atoms with Gasteiger partial charge in [-0.2, -0.15) is 0 Å². The van der Waals surface area contributed by atoms with E-state index in [2.05, 4.69) is 23.0 Å². The summed E-state index contributed by atoms with van der Waals surface area (Å²) in [5.74, 6) is 1.72. The van der Waals surface area contributed by atoms with Crippen molar-refractivity contribution in [3.63, 3.8) is 0 Å². The van der Waals surface area contributed by atoms with E-state index in [1.807, 2.05) is 0 Å². The van der Waals surface area contributed by atoms with Crippen LogP contribution in [-0.4, -0.2) is 9.97 Å². The first kappa shape index (κ1) is 9.55. The van der Waals surface area contributed by atoms with E-state index in [0.29, 0.717) is 5.15 Å². The van der Waals surface area contributed by atoms with E-state index < -0.39 is 0 Å². The van der Waals surface area contributed by atoms with Crippen molar-refractivity contribution in [2.24, 2.45) is 5.92 Å². The first-order valence-electron chi connectivity index (χ1n) is 5.15. The number of aromatic nitrogens is 2. The van der Waals surface area contributed by atoms with E-state index in [1.165, 1.54) is 17.7 Å².